The Labute approximate surface area is 829 Å². The molecule has 13 heterocycles. The molecule has 13 aliphatic heterocycles. The van der Waals surface area contributed by atoms with Crippen molar-refractivity contribution in [3.63, 3.8) is 0 Å². The Balaban J connectivity index is 0.735. The van der Waals surface area contributed by atoms with Gasteiger partial charge in [-0.2, -0.15) is 0 Å². The van der Waals surface area contributed by atoms with Crippen LogP contribution in [-0.2, 0) is 123 Å². The van der Waals surface area contributed by atoms with Gasteiger partial charge in [0.25, 0.3) is 0 Å². The molecule has 13 rings (SSSR count). The Morgan fingerprint density at radius 2 is 0.259 bits per heavy atom. The van der Waals surface area contributed by atoms with Crippen LogP contribution in [0.4, 0.5) is 0 Å². The predicted octanol–water partition coefficient (Wildman–Crippen LogP) is -29.3. The average molecular weight is 2170 g/mol. The van der Waals surface area contributed by atoms with Gasteiger partial charge in [0, 0.05) is 6.54 Å². The Kier molecular flexibility index (Phi) is 44.0. The monoisotopic (exact) mass is 2170 g/mol. The van der Waals surface area contributed by atoms with Gasteiger partial charge in [-0.1, -0.05) is 0 Å². The molecule has 13 saturated heterocycles. The molecule has 0 unspecified atom stereocenters. The highest BCUT2D eigenvalue weighted by atomic mass is 16.8. The molecule has 0 radical (unpaired) electrons. The summed E-state index contributed by atoms with van der Waals surface area (Å²) in [5, 5.41) is 446. The highest BCUT2D eigenvalue weighted by Gasteiger charge is 2.64. The van der Waals surface area contributed by atoms with E-state index < -0.39 is 485 Å². The highest BCUT2D eigenvalue weighted by molar-refractivity contribution is 5.05. The number of ether oxygens (including phenoxy) is 26. The van der Waals surface area contributed by atoms with Crippen molar-refractivity contribution in [2.75, 3.05) is 99.0 Å². The van der Waals surface area contributed by atoms with E-state index in [1.165, 1.54) is 0 Å². The van der Waals surface area contributed by atoms with Gasteiger partial charge >= 0.3 is 0 Å². The van der Waals surface area contributed by atoms with Crippen molar-refractivity contribution in [1.29, 1.82) is 0 Å². The molecule has 0 aliphatic carbocycles. The van der Waals surface area contributed by atoms with E-state index in [4.69, 9.17) is 129 Å². The SMILES string of the molecule is NCCO[C@@H]1O[C@H](CO)[C@@H](O)[C@H](O[C@@H]2O[C@H](CO)[C@@H](O)[C@H](O[C@@H]3O[C@H](CO)[C@@H](O)[C@H](O[C@@H]4O[C@H](CO)[C@@H](O)[C@H](O[C@@H]5O[C@H](CO[C@@H]6O[C@H](CO[C@@H]7O[C@H](CO[C@@H]8O[C@H](CO[C@@H]9O[C@H](CO)[C@@H](O)[C@H](O)[C@H]9O)[C@@H](O)[C@H](O)[C@H]8O)[C@@H](O)[C@H](O)[C@H]7O)[C@@H](O)[C@H](O)[C@H]6O)[C@@H](O)[C@H](O[C@@H]6O[C@H](CO)[C@@H](O)[C@H](O[C@@H]7O[C@H](CO)[C@@H](O)[C@H](O[C@@H]8O[C@H](CO)[C@@H](O)[C@H](O[C@@H]9O[C@H](CO)[C@@H](O)[C@H](O)[C@H]9O)[C@H]8O)[C@H]7O)[C@H]6O)[C@H]5O)[C@H]4O)[C@H]3O)[C@H]2O)[C@H]1O. The minimum atomic E-state index is -2.72. The van der Waals surface area contributed by atoms with Gasteiger partial charge in [-0.3, -0.25) is 0 Å². The lowest BCUT2D eigenvalue weighted by atomic mass is 9.94. The summed E-state index contributed by atoms with van der Waals surface area (Å²) in [6.45, 7) is -14.6. The van der Waals surface area contributed by atoms with Crippen LogP contribution < -0.4 is 5.73 Å². The molecule has 42 N–H and O–H groups in total. The zero-order valence-electron chi connectivity index (χ0n) is 77.2. The topological polar surface area (TPSA) is 1080 Å². The van der Waals surface area contributed by atoms with E-state index in [-0.39, 0.29) is 13.2 Å². The van der Waals surface area contributed by atoms with E-state index in [1.54, 1.807) is 0 Å². The fraction of sp³-hybridized carbons (Fsp3) is 1.00. The second-order valence-corrected chi connectivity index (χ2v) is 37.2. The number of aliphatic hydroxyl groups is 40. The van der Waals surface area contributed by atoms with Gasteiger partial charge in [-0.05, 0) is 0 Å². The standard InChI is InChI=1S/C80H137NO66/c81-1-2-122-72-52(114)60(34(96)18(5-84)128-72)141-74-54(116)62(36(98)20(7-86)130-74)143-76-56(118)64(38(100)22(9-88)132-76)144-78-58(120)66(40(102)24(11-90)134-78)146-80-59(121)67(147-79-57(119)65(39(101)23(10-89)135-79)145-77-55(117)63(37(99)21(8-87)133-77)142-75-53(115)61(35(97)19(6-85)131-75)140-73-51(113)43(105)30(92)17(4-83)129-73)41(103)28(139-80)15-126-71-50(112)46(108)33(95)27(138-71)14-125-70-49(111)45(107)32(94)26(137-70)13-124-69-48(110)44(106)31(93)25(136-69)12-123-68-47(109)42(104)29(91)16(3-82)127-68/h16-80,82-121H,1-15,81H2/t16-,17-,18-,19-,20-,21-,22-,23-,24-,25-,26-,27-,28-,29-,30-,31-,32-,33-,34-,35-,36-,37-,38-,39-,40-,41-,42+,43+,44+,45+,46+,47-,48-,49-,50-,51-,52-,53-,54-,55-,56-,57-,58-,59-,60+,61+,62+,63+,64+,65+,66+,67+,68-,69-,70-,71-,72-,73+,74+,75+,76+,77+,78+,79+,80+/m1/s1. The first-order valence-corrected chi connectivity index (χ1v) is 46.9. The van der Waals surface area contributed by atoms with Gasteiger partial charge in [0.2, 0.25) is 0 Å². The number of rotatable bonds is 40. The van der Waals surface area contributed by atoms with Crippen molar-refractivity contribution in [1.82, 2.24) is 0 Å². The predicted molar refractivity (Wildman–Crippen MR) is 440 cm³/mol. The molecule has 147 heavy (non-hydrogen) atoms. The van der Waals surface area contributed by atoms with E-state index in [2.05, 4.69) is 0 Å². The summed E-state index contributed by atoms with van der Waals surface area (Å²) in [5.41, 5.74) is 5.54. The lowest BCUT2D eigenvalue weighted by Gasteiger charge is -2.50. The maximum atomic E-state index is 12.6. The van der Waals surface area contributed by atoms with Gasteiger partial charge in [-0.15, -0.1) is 0 Å². The normalized spacial score (nSPS) is 53.0. The van der Waals surface area contributed by atoms with Crippen molar-refractivity contribution < 1.29 is 327 Å². The van der Waals surface area contributed by atoms with Crippen LogP contribution >= 0.6 is 0 Å². The van der Waals surface area contributed by atoms with Crippen LogP contribution in [0.25, 0.3) is 0 Å². The molecule has 0 spiro atoms. The second kappa shape index (κ2) is 53.3. The molecule has 0 bridgehead atoms. The van der Waals surface area contributed by atoms with Gasteiger partial charge in [0.1, 0.15) is 317 Å². The third kappa shape index (κ3) is 26.1. The molecule has 67 heteroatoms. The third-order valence-corrected chi connectivity index (χ3v) is 27.5. The summed E-state index contributed by atoms with van der Waals surface area (Å²) in [5.74, 6) is 0. The van der Waals surface area contributed by atoms with Crippen LogP contribution in [0.1, 0.15) is 0 Å². The zero-order chi connectivity index (χ0) is 108. The fourth-order valence-corrected chi connectivity index (χ4v) is 18.8. The molecule has 858 valence electrons. The molecule has 0 amide bonds. The van der Waals surface area contributed by atoms with E-state index in [9.17, 15) is 204 Å². The summed E-state index contributed by atoms with van der Waals surface area (Å²) in [7, 11) is 0. The Morgan fingerprint density at radius 3 is 0.442 bits per heavy atom. The van der Waals surface area contributed by atoms with Crippen LogP contribution in [0.15, 0.2) is 0 Å². The first-order valence-electron chi connectivity index (χ1n) is 46.9. The summed E-state index contributed by atoms with van der Waals surface area (Å²) in [6.07, 6.45) is -141. The number of aliphatic hydroxyl groups excluding tert-OH is 40. The van der Waals surface area contributed by atoms with Crippen LogP contribution in [0.2, 0.25) is 0 Å². The quantitative estimate of drug-likeness (QED) is 0.0271. The van der Waals surface area contributed by atoms with E-state index in [0.29, 0.717) is 0 Å². The molecule has 65 atom stereocenters. The number of hydrogen-bond acceptors (Lipinski definition) is 67. The summed E-state index contributed by atoms with van der Waals surface area (Å²) >= 11 is 0. The molecule has 0 aromatic heterocycles. The second-order valence-electron chi connectivity index (χ2n) is 37.2. The molecule has 0 saturated carbocycles. The van der Waals surface area contributed by atoms with Crippen molar-refractivity contribution in [2.45, 2.75) is 399 Å². The highest BCUT2D eigenvalue weighted by Crippen LogP contribution is 2.43. The van der Waals surface area contributed by atoms with Crippen LogP contribution in [0.3, 0.4) is 0 Å². The van der Waals surface area contributed by atoms with E-state index >= 15 is 0 Å². The van der Waals surface area contributed by atoms with E-state index in [0.717, 1.165) is 0 Å². The molecule has 13 fully saturated rings. The van der Waals surface area contributed by atoms with Gasteiger partial charge in [-0.25, -0.2) is 0 Å². The fourth-order valence-electron chi connectivity index (χ4n) is 18.8. The number of nitrogens with two attached hydrogens (primary N) is 1. The van der Waals surface area contributed by atoms with Gasteiger partial charge in [0.15, 0.2) is 81.8 Å². The van der Waals surface area contributed by atoms with Crippen molar-refractivity contribution in [3.8, 4) is 0 Å². The maximum absolute atomic E-state index is 12.6. The van der Waals surface area contributed by atoms with Crippen molar-refractivity contribution in [2.24, 2.45) is 5.73 Å². The lowest BCUT2D eigenvalue weighted by Crippen LogP contribution is -2.69. The Bertz CT molecular complexity index is 3870. The molecule has 67 nitrogen and oxygen atoms in total. The van der Waals surface area contributed by atoms with Gasteiger partial charge < -0.3 is 333 Å². The summed E-state index contributed by atoms with van der Waals surface area (Å²) in [6, 6.07) is 0. The number of hydrogen-bond donors (Lipinski definition) is 41. The average Bonchev–Trinajstić information content (AvgIpc) is 0.760. The summed E-state index contributed by atoms with van der Waals surface area (Å²) in [4.78, 5) is 0. The van der Waals surface area contributed by atoms with Crippen LogP contribution in [0.5, 0.6) is 0 Å². The first-order chi connectivity index (χ1) is 69.8. The first kappa shape index (κ1) is 121. The third-order valence-electron chi connectivity index (χ3n) is 27.5. The minimum absolute atomic E-state index is 0.116. The molecule has 13 aliphatic rings. The van der Waals surface area contributed by atoms with Crippen LogP contribution in [-0.4, -0.2) is 702 Å². The zero-order valence-corrected chi connectivity index (χ0v) is 77.2. The van der Waals surface area contributed by atoms with E-state index in [1.807, 2.05) is 0 Å². The molecular weight excluding hydrogens is 2030 g/mol. The molecule has 0 aromatic rings. The Hall–Kier alpha value is -2.68. The largest absolute Gasteiger partial charge is 0.394 e. The minimum Gasteiger partial charge on any atom is -0.394 e. The van der Waals surface area contributed by atoms with Gasteiger partial charge in [0.05, 0.1) is 92.5 Å². The summed E-state index contributed by atoms with van der Waals surface area (Å²) < 4.78 is 148. The maximum Gasteiger partial charge on any atom is 0.187 e. The lowest BCUT2D eigenvalue weighted by molar-refractivity contribution is -0.404. The molecule has 0 aromatic carbocycles. The molecular formula is C80H137NO66. The Morgan fingerprint density at radius 1 is 0.136 bits per heavy atom. The van der Waals surface area contributed by atoms with Crippen LogP contribution in [0, 0.1) is 0 Å². The van der Waals surface area contributed by atoms with Crippen molar-refractivity contribution in [3.05, 3.63) is 0 Å². The van der Waals surface area contributed by atoms with Crippen molar-refractivity contribution >= 4 is 0 Å². The smallest absolute Gasteiger partial charge is 0.187 e.